The van der Waals surface area contributed by atoms with Crippen molar-refractivity contribution in [2.75, 3.05) is 5.32 Å². The van der Waals surface area contributed by atoms with E-state index in [1.54, 1.807) is 18.0 Å². The molecule has 0 amide bonds. The van der Waals surface area contributed by atoms with Crippen molar-refractivity contribution in [1.29, 1.82) is 0 Å². The van der Waals surface area contributed by atoms with Gasteiger partial charge in [0.2, 0.25) is 10.9 Å². The summed E-state index contributed by atoms with van der Waals surface area (Å²) in [6, 6.07) is 5.88. The van der Waals surface area contributed by atoms with Crippen LogP contribution in [0, 0.1) is 0 Å². The molecule has 110 valence electrons. The van der Waals surface area contributed by atoms with E-state index in [4.69, 9.17) is 8.94 Å². The van der Waals surface area contributed by atoms with Crippen molar-refractivity contribution in [1.82, 2.24) is 15.4 Å². The Morgan fingerprint density at radius 3 is 3.00 bits per heavy atom. The summed E-state index contributed by atoms with van der Waals surface area (Å²) >= 11 is 3.12. The molecule has 0 fully saturated rings. The first-order chi connectivity index (χ1) is 10.2. The summed E-state index contributed by atoms with van der Waals surface area (Å²) in [7, 11) is 0. The van der Waals surface area contributed by atoms with Crippen LogP contribution in [-0.4, -0.2) is 21.4 Å². The van der Waals surface area contributed by atoms with E-state index in [1.165, 1.54) is 11.3 Å². The predicted molar refractivity (Wildman–Crippen MR) is 82.4 cm³/mol. The van der Waals surface area contributed by atoms with Crippen LogP contribution in [0.1, 0.15) is 19.5 Å². The largest absolute Gasteiger partial charge is 0.461 e. The Morgan fingerprint density at radius 2 is 2.24 bits per heavy atom. The van der Waals surface area contributed by atoms with Crippen LogP contribution in [0.4, 0.5) is 5.13 Å². The van der Waals surface area contributed by atoms with Gasteiger partial charge in [0.25, 0.3) is 0 Å². The quantitative estimate of drug-likeness (QED) is 0.690. The molecular formula is C13H14N4O2S2. The van der Waals surface area contributed by atoms with E-state index in [1.807, 2.05) is 18.2 Å². The minimum atomic E-state index is 0.349. The highest BCUT2D eigenvalue weighted by atomic mass is 32.2. The molecule has 0 aliphatic heterocycles. The van der Waals surface area contributed by atoms with Crippen molar-refractivity contribution < 1.29 is 8.94 Å². The maximum absolute atomic E-state index is 5.27. The molecular weight excluding hydrogens is 308 g/mol. The lowest BCUT2D eigenvalue weighted by Crippen LogP contribution is -2.08. The molecule has 0 bridgehead atoms. The van der Waals surface area contributed by atoms with Crippen molar-refractivity contribution in [2.24, 2.45) is 0 Å². The molecule has 3 aromatic rings. The van der Waals surface area contributed by atoms with E-state index in [0.717, 1.165) is 15.2 Å². The smallest absolute Gasteiger partial charge is 0.206 e. The second-order valence-corrected chi connectivity index (χ2v) is 6.82. The summed E-state index contributed by atoms with van der Waals surface area (Å²) in [5.74, 6) is 1.99. The monoisotopic (exact) mass is 322 g/mol. The van der Waals surface area contributed by atoms with Crippen molar-refractivity contribution in [3.63, 3.8) is 0 Å². The Bertz CT molecular complexity index is 691. The third-order valence-corrected chi connectivity index (χ3v) is 4.51. The van der Waals surface area contributed by atoms with Gasteiger partial charge in [-0.2, -0.15) is 0 Å². The van der Waals surface area contributed by atoms with Crippen LogP contribution in [0.3, 0.4) is 0 Å². The second kappa shape index (κ2) is 6.31. The van der Waals surface area contributed by atoms with E-state index >= 15 is 0 Å². The van der Waals surface area contributed by atoms with Crippen LogP contribution in [0.2, 0.25) is 0 Å². The number of hydrogen-bond acceptors (Lipinski definition) is 8. The Kier molecular flexibility index (Phi) is 4.26. The summed E-state index contributed by atoms with van der Waals surface area (Å²) in [5, 5.41) is 16.3. The standard InChI is InChI=1S/C13H14N4O2S2/c1-8(2)14-12-15-16-13(21-12)20-7-9-6-11(19-17-9)10-4-3-5-18-10/h3-6,8H,7H2,1-2H3,(H,14,15). The molecule has 3 rings (SSSR count). The molecule has 3 heterocycles. The van der Waals surface area contributed by atoms with Crippen molar-refractivity contribution in [3.05, 3.63) is 30.2 Å². The molecule has 0 unspecified atom stereocenters. The fourth-order valence-corrected chi connectivity index (χ4v) is 3.40. The molecule has 21 heavy (non-hydrogen) atoms. The molecule has 0 saturated carbocycles. The number of hydrogen-bond donors (Lipinski definition) is 1. The van der Waals surface area contributed by atoms with Crippen LogP contribution >= 0.6 is 23.1 Å². The number of furan rings is 1. The molecule has 3 aromatic heterocycles. The fraction of sp³-hybridized carbons (Fsp3) is 0.308. The van der Waals surface area contributed by atoms with E-state index in [2.05, 4.69) is 34.5 Å². The first kappa shape index (κ1) is 14.2. The highest BCUT2D eigenvalue weighted by molar-refractivity contribution is 8.00. The van der Waals surface area contributed by atoms with Crippen LogP contribution < -0.4 is 5.32 Å². The first-order valence-corrected chi connectivity index (χ1v) is 8.23. The van der Waals surface area contributed by atoms with Gasteiger partial charge in [0, 0.05) is 17.9 Å². The normalized spacial score (nSPS) is 11.2. The maximum atomic E-state index is 5.27. The summed E-state index contributed by atoms with van der Waals surface area (Å²) in [5.41, 5.74) is 0.847. The van der Waals surface area contributed by atoms with E-state index in [9.17, 15) is 0 Å². The number of rotatable bonds is 6. The third kappa shape index (κ3) is 3.64. The van der Waals surface area contributed by atoms with Gasteiger partial charge in [-0.1, -0.05) is 28.3 Å². The molecule has 6 nitrogen and oxygen atoms in total. The lowest BCUT2D eigenvalue weighted by molar-refractivity contribution is 0.413. The number of anilines is 1. The summed E-state index contributed by atoms with van der Waals surface area (Å²) in [6.45, 7) is 4.14. The third-order valence-electron chi connectivity index (χ3n) is 2.49. The first-order valence-electron chi connectivity index (χ1n) is 6.43. The predicted octanol–water partition coefficient (Wildman–Crippen LogP) is 3.90. The zero-order valence-corrected chi connectivity index (χ0v) is 13.2. The maximum Gasteiger partial charge on any atom is 0.206 e. The van der Waals surface area contributed by atoms with Gasteiger partial charge in [-0.05, 0) is 26.0 Å². The molecule has 0 spiro atoms. The Labute approximate surface area is 129 Å². The summed E-state index contributed by atoms with van der Waals surface area (Å²) in [4.78, 5) is 0. The van der Waals surface area contributed by atoms with Crippen LogP contribution in [0.25, 0.3) is 11.5 Å². The SMILES string of the molecule is CC(C)Nc1nnc(SCc2cc(-c3ccco3)on2)s1. The number of aromatic nitrogens is 3. The van der Waals surface area contributed by atoms with E-state index < -0.39 is 0 Å². The zero-order chi connectivity index (χ0) is 14.7. The van der Waals surface area contributed by atoms with Crippen LogP contribution in [0.15, 0.2) is 37.7 Å². The van der Waals surface area contributed by atoms with Crippen molar-refractivity contribution >= 4 is 28.2 Å². The van der Waals surface area contributed by atoms with Gasteiger partial charge in [0.05, 0.1) is 12.0 Å². The number of nitrogens with zero attached hydrogens (tertiary/aromatic N) is 3. The van der Waals surface area contributed by atoms with Gasteiger partial charge in [-0.25, -0.2) is 0 Å². The Hall–Kier alpha value is -1.80. The molecule has 8 heteroatoms. The Balaban J connectivity index is 1.59. The number of nitrogens with one attached hydrogen (secondary N) is 1. The van der Waals surface area contributed by atoms with Gasteiger partial charge >= 0.3 is 0 Å². The van der Waals surface area contributed by atoms with Gasteiger partial charge in [-0.3, -0.25) is 0 Å². The van der Waals surface area contributed by atoms with Crippen LogP contribution in [-0.2, 0) is 5.75 Å². The summed E-state index contributed by atoms with van der Waals surface area (Å²) < 4.78 is 11.4. The highest BCUT2D eigenvalue weighted by Gasteiger charge is 2.11. The molecule has 1 N–H and O–H groups in total. The minimum absolute atomic E-state index is 0.349. The van der Waals surface area contributed by atoms with Gasteiger partial charge in [-0.15, -0.1) is 10.2 Å². The molecule has 0 saturated heterocycles. The highest BCUT2D eigenvalue weighted by Crippen LogP contribution is 2.29. The molecule has 0 radical (unpaired) electrons. The Morgan fingerprint density at radius 1 is 1.33 bits per heavy atom. The molecule has 0 aromatic carbocycles. The molecule has 0 aliphatic rings. The molecule has 0 atom stereocenters. The molecule has 0 aliphatic carbocycles. The van der Waals surface area contributed by atoms with E-state index in [0.29, 0.717) is 23.3 Å². The van der Waals surface area contributed by atoms with E-state index in [-0.39, 0.29) is 0 Å². The van der Waals surface area contributed by atoms with Gasteiger partial charge in [0.15, 0.2) is 10.1 Å². The van der Waals surface area contributed by atoms with Gasteiger partial charge in [0.1, 0.15) is 0 Å². The fourth-order valence-electron chi connectivity index (χ4n) is 1.62. The lowest BCUT2D eigenvalue weighted by Gasteiger charge is -2.02. The topological polar surface area (TPSA) is 77.0 Å². The van der Waals surface area contributed by atoms with Gasteiger partial charge < -0.3 is 14.3 Å². The average molecular weight is 322 g/mol. The van der Waals surface area contributed by atoms with Crippen molar-refractivity contribution in [3.8, 4) is 11.5 Å². The lowest BCUT2D eigenvalue weighted by atomic mass is 10.3. The second-order valence-electron chi connectivity index (χ2n) is 4.62. The van der Waals surface area contributed by atoms with Crippen molar-refractivity contribution in [2.45, 2.75) is 30.0 Å². The zero-order valence-electron chi connectivity index (χ0n) is 11.6. The average Bonchev–Trinajstić information content (AvgIpc) is 3.17. The van der Waals surface area contributed by atoms with Crippen LogP contribution in [0.5, 0.6) is 0 Å². The minimum Gasteiger partial charge on any atom is -0.461 e. The number of thioether (sulfide) groups is 1. The summed E-state index contributed by atoms with van der Waals surface area (Å²) in [6.07, 6.45) is 1.61.